The van der Waals surface area contributed by atoms with Crippen LogP contribution in [0.15, 0.2) is 24.3 Å². The first kappa shape index (κ1) is 18.5. The van der Waals surface area contributed by atoms with Crippen molar-refractivity contribution in [3.05, 3.63) is 34.9 Å². The van der Waals surface area contributed by atoms with Crippen molar-refractivity contribution in [2.45, 2.75) is 49.7 Å². The minimum absolute atomic E-state index is 0.0637. The molecule has 1 aliphatic heterocycles. The smallest absolute Gasteiger partial charge is 0.351 e. The van der Waals surface area contributed by atoms with Crippen molar-refractivity contribution in [3.8, 4) is 0 Å². The first-order chi connectivity index (χ1) is 11.8. The highest BCUT2D eigenvalue weighted by Crippen LogP contribution is 2.42. The number of alkyl halides is 3. The van der Waals surface area contributed by atoms with Crippen molar-refractivity contribution in [2.75, 3.05) is 19.6 Å². The largest absolute Gasteiger partial charge is 0.401 e. The minimum Gasteiger partial charge on any atom is -0.351 e. The van der Waals surface area contributed by atoms with Crippen molar-refractivity contribution in [1.29, 1.82) is 0 Å². The molecule has 1 aromatic carbocycles. The molecule has 2 aliphatic rings. The molecule has 1 saturated heterocycles. The fraction of sp³-hybridized carbons (Fsp3) is 0.611. The molecule has 1 N–H and O–H groups in total. The van der Waals surface area contributed by atoms with Crippen molar-refractivity contribution >= 4 is 17.5 Å². The average Bonchev–Trinajstić information content (AvgIpc) is 3.17. The third-order valence-corrected chi connectivity index (χ3v) is 5.55. The van der Waals surface area contributed by atoms with Gasteiger partial charge in [-0.3, -0.25) is 9.69 Å². The second-order valence-electron chi connectivity index (χ2n) is 7.11. The number of nitrogens with one attached hydrogen (secondary N) is 1. The van der Waals surface area contributed by atoms with Crippen molar-refractivity contribution in [1.82, 2.24) is 10.2 Å². The zero-order chi connectivity index (χ0) is 18.1. The Labute approximate surface area is 150 Å². The second kappa shape index (κ2) is 7.16. The van der Waals surface area contributed by atoms with E-state index in [9.17, 15) is 18.0 Å². The number of hydrogen-bond donors (Lipinski definition) is 1. The predicted molar refractivity (Wildman–Crippen MR) is 90.6 cm³/mol. The lowest BCUT2D eigenvalue weighted by molar-refractivity contribution is -0.143. The summed E-state index contributed by atoms with van der Waals surface area (Å²) in [4.78, 5) is 14.4. The molecular formula is C18H22ClF3N2O. The van der Waals surface area contributed by atoms with E-state index in [-0.39, 0.29) is 18.5 Å². The minimum atomic E-state index is -4.20. The zero-order valence-corrected chi connectivity index (χ0v) is 14.7. The van der Waals surface area contributed by atoms with Gasteiger partial charge in [0, 0.05) is 24.2 Å². The van der Waals surface area contributed by atoms with Gasteiger partial charge in [-0.2, -0.15) is 13.2 Å². The molecule has 3 rings (SSSR count). The molecule has 0 aromatic heterocycles. The zero-order valence-electron chi connectivity index (χ0n) is 13.9. The lowest BCUT2D eigenvalue weighted by atomic mass is 9.78. The molecule has 0 spiro atoms. The molecule has 0 unspecified atom stereocenters. The fourth-order valence-electron chi connectivity index (χ4n) is 4.07. The summed E-state index contributed by atoms with van der Waals surface area (Å²) in [7, 11) is 0. The predicted octanol–water partition coefficient (Wildman–Crippen LogP) is 3.90. The Morgan fingerprint density at radius 2 is 1.88 bits per heavy atom. The molecule has 1 amide bonds. The van der Waals surface area contributed by atoms with Crippen LogP contribution in [0.1, 0.15) is 37.7 Å². The van der Waals surface area contributed by atoms with Gasteiger partial charge >= 0.3 is 6.18 Å². The van der Waals surface area contributed by atoms with E-state index >= 15 is 0 Å². The molecule has 0 radical (unpaired) electrons. The summed E-state index contributed by atoms with van der Waals surface area (Å²) in [5.41, 5.74) is 0.360. The Kier molecular flexibility index (Phi) is 5.30. The van der Waals surface area contributed by atoms with Crippen LogP contribution in [0, 0.1) is 0 Å². The van der Waals surface area contributed by atoms with Crippen LogP contribution in [-0.4, -0.2) is 42.7 Å². The van der Waals surface area contributed by atoms with E-state index in [0.29, 0.717) is 18.0 Å². The molecule has 1 heterocycles. The SMILES string of the molecule is O=C(N[C@@H]1CCN(CC(F)(F)F)C1)C1(c2ccc(Cl)cc2)CCCC1. The highest BCUT2D eigenvalue weighted by atomic mass is 35.5. The molecule has 7 heteroatoms. The van der Waals surface area contributed by atoms with Gasteiger partial charge in [0.1, 0.15) is 0 Å². The number of halogens is 4. The molecule has 1 saturated carbocycles. The third kappa shape index (κ3) is 4.29. The van der Waals surface area contributed by atoms with Gasteiger partial charge in [-0.15, -0.1) is 0 Å². The Balaban J connectivity index is 1.67. The summed E-state index contributed by atoms with van der Waals surface area (Å²) in [6.07, 6.45) is -0.172. The summed E-state index contributed by atoms with van der Waals surface area (Å²) in [5, 5.41) is 3.63. The van der Waals surface area contributed by atoms with E-state index in [1.807, 2.05) is 12.1 Å². The molecule has 1 aromatic rings. The van der Waals surface area contributed by atoms with Gasteiger partial charge < -0.3 is 5.32 Å². The molecule has 0 bridgehead atoms. The lowest BCUT2D eigenvalue weighted by Gasteiger charge is -2.30. The van der Waals surface area contributed by atoms with Crippen LogP contribution in [0.2, 0.25) is 5.02 Å². The summed E-state index contributed by atoms with van der Waals surface area (Å²) < 4.78 is 37.6. The van der Waals surface area contributed by atoms with E-state index in [4.69, 9.17) is 11.6 Å². The van der Waals surface area contributed by atoms with Gasteiger partial charge in [-0.05, 0) is 37.0 Å². The summed E-state index contributed by atoms with van der Waals surface area (Å²) in [6.45, 7) is -0.304. The van der Waals surface area contributed by atoms with Crippen LogP contribution in [0.25, 0.3) is 0 Å². The van der Waals surface area contributed by atoms with Crippen LogP contribution >= 0.6 is 11.6 Å². The molecule has 2 fully saturated rings. The van der Waals surface area contributed by atoms with Crippen molar-refractivity contribution in [2.24, 2.45) is 0 Å². The standard InChI is InChI=1S/C18H22ClF3N2O/c19-14-5-3-13(4-6-14)17(8-1-2-9-17)16(25)23-15-7-10-24(11-15)12-18(20,21)22/h3-6,15H,1-2,7-12H2,(H,23,25)/t15-/m1/s1. The maximum Gasteiger partial charge on any atom is 0.401 e. The normalized spacial score (nSPS) is 23.8. The number of amides is 1. The van der Waals surface area contributed by atoms with Gasteiger partial charge in [-0.1, -0.05) is 36.6 Å². The van der Waals surface area contributed by atoms with Gasteiger partial charge in [0.15, 0.2) is 0 Å². The molecule has 1 atom stereocenters. The maximum absolute atomic E-state index is 13.0. The second-order valence-corrected chi connectivity index (χ2v) is 7.54. The Morgan fingerprint density at radius 3 is 2.48 bits per heavy atom. The third-order valence-electron chi connectivity index (χ3n) is 5.30. The lowest BCUT2D eigenvalue weighted by Crippen LogP contribution is -2.48. The molecule has 1 aliphatic carbocycles. The molecule has 3 nitrogen and oxygen atoms in total. The van der Waals surface area contributed by atoms with Crippen LogP contribution in [-0.2, 0) is 10.2 Å². The quantitative estimate of drug-likeness (QED) is 0.866. The Morgan fingerprint density at radius 1 is 1.24 bits per heavy atom. The number of carbonyl (C=O) groups excluding carboxylic acids is 1. The average molecular weight is 375 g/mol. The monoisotopic (exact) mass is 374 g/mol. The van der Waals surface area contributed by atoms with E-state index in [2.05, 4.69) is 5.32 Å². The van der Waals surface area contributed by atoms with Crippen molar-refractivity contribution in [3.63, 3.8) is 0 Å². The molecule has 25 heavy (non-hydrogen) atoms. The van der Waals surface area contributed by atoms with E-state index in [1.165, 1.54) is 4.90 Å². The number of rotatable bonds is 4. The summed E-state index contributed by atoms with van der Waals surface area (Å²) in [5.74, 6) is -0.0637. The van der Waals surface area contributed by atoms with Gasteiger partial charge in [-0.25, -0.2) is 0 Å². The first-order valence-corrected chi connectivity index (χ1v) is 9.02. The number of hydrogen-bond acceptors (Lipinski definition) is 2. The highest BCUT2D eigenvalue weighted by Gasteiger charge is 2.44. The maximum atomic E-state index is 13.0. The van der Waals surface area contributed by atoms with Crippen LogP contribution in [0.4, 0.5) is 13.2 Å². The fourth-order valence-corrected chi connectivity index (χ4v) is 4.19. The first-order valence-electron chi connectivity index (χ1n) is 8.65. The summed E-state index contributed by atoms with van der Waals surface area (Å²) in [6, 6.07) is 7.12. The number of benzene rings is 1. The topological polar surface area (TPSA) is 32.3 Å². The number of likely N-dealkylation sites (tertiary alicyclic amines) is 1. The number of nitrogens with zero attached hydrogens (tertiary/aromatic N) is 1. The van der Waals surface area contributed by atoms with Crippen molar-refractivity contribution < 1.29 is 18.0 Å². The van der Waals surface area contributed by atoms with E-state index in [1.54, 1.807) is 12.1 Å². The van der Waals surface area contributed by atoms with E-state index < -0.39 is 18.1 Å². The Bertz CT molecular complexity index is 612. The number of carbonyl (C=O) groups is 1. The van der Waals surface area contributed by atoms with Gasteiger partial charge in [0.05, 0.1) is 12.0 Å². The Hall–Kier alpha value is -1.27. The van der Waals surface area contributed by atoms with Crippen LogP contribution in [0.3, 0.4) is 0 Å². The van der Waals surface area contributed by atoms with E-state index in [0.717, 1.165) is 31.2 Å². The summed E-state index contributed by atoms with van der Waals surface area (Å²) >= 11 is 5.95. The van der Waals surface area contributed by atoms with Crippen LogP contribution in [0.5, 0.6) is 0 Å². The van der Waals surface area contributed by atoms with Gasteiger partial charge in [0.2, 0.25) is 5.91 Å². The molecule has 138 valence electrons. The van der Waals surface area contributed by atoms with Crippen LogP contribution < -0.4 is 5.32 Å². The molecular weight excluding hydrogens is 353 g/mol. The highest BCUT2D eigenvalue weighted by molar-refractivity contribution is 6.30. The van der Waals surface area contributed by atoms with Gasteiger partial charge in [0.25, 0.3) is 0 Å².